The third-order valence-corrected chi connectivity index (χ3v) is 12.5. The SMILES string of the molecule is c1ccc(-c2nc(-c3cc(-c4ccccc4)c(-n4c5ccccc5c5ccc6c(c7ccccc7n6-c6ccccc6)c54)c(-c4ccccc4)c3)c3oc4ccccc4c3n2)cc1. The molecule has 0 N–H and O–H groups in total. The number of fused-ring (bicyclic) bond motifs is 10. The number of furan rings is 1. The van der Waals surface area contributed by atoms with Crippen molar-refractivity contribution in [3.05, 3.63) is 218 Å². The van der Waals surface area contributed by atoms with E-state index in [1.165, 1.54) is 21.5 Å². The Hall–Kier alpha value is -8.54. The van der Waals surface area contributed by atoms with Gasteiger partial charge in [-0.05, 0) is 65.7 Å². The smallest absolute Gasteiger partial charge is 0.180 e. The van der Waals surface area contributed by atoms with Crippen LogP contribution in [0.4, 0.5) is 0 Å². The molecule has 0 aliphatic heterocycles. The van der Waals surface area contributed by atoms with Gasteiger partial charge < -0.3 is 13.6 Å². The highest BCUT2D eigenvalue weighted by atomic mass is 16.3. The summed E-state index contributed by atoms with van der Waals surface area (Å²) in [5.41, 5.74) is 16.0. The highest BCUT2D eigenvalue weighted by Crippen LogP contribution is 2.48. The molecule has 0 bridgehead atoms. The van der Waals surface area contributed by atoms with E-state index in [0.29, 0.717) is 11.4 Å². The molecule has 0 aliphatic carbocycles. The largest absolute Gasteiger partial charge is 0.452 e. The van der Waals surface area contributed by atoms with Gasteiger partial charge in [-0.3, -0.25) is 0 Å². The normalized spacial score (nSPS) is 11.8. The summed E-state index contributed by atoms with van der Waals surface area (Å²) in [5.74, 6) is 0.649. The number of aromatic nitrogens is 4. The second-order valence-electron chi connectivity index (χ2n) is 16.1. The molecule has 9 aromatic carbocycles. The van der Waals surface area contributed by atoms with Crippen molar-refractivity contribution in [2.75, 3.05) is 0 Å². The maximum atomic E-state index is 6.73. The highest BCUT2D eigenvalue weighted by molar-refractivity contribution is 6.26. The molecule has 4 aromatic heterocycles. The van der Waals surface area contributed by atoms with Crippen molar-refractivity contribution < 1.29 is 4.42 Å². The molecule has 0 amide bonds. The minimum absolute atomic E-state index is 0.649. The van der Waals surface area contributed by atoms with Crippen molar-refractivity contribution in [2.24, 2.45) is 0 Å². The molecular formula is C58H36N4O. The molecule has 294 valence electrons. The minimum Gasteiger partial charge on any atom is -0.452 e. The van der Waals surface area contributed by atoms with E-state index in [0.717, 1.165) is 89.0 Å². The Balaban J connectivity index is 1.22. The zero-order valence-electron chi connectivity index (χ0n) is 34.0. The number of nitrogens with zero attached hydrogens (tertiary/aromatic N) is 4. The van der Waals surface area contributed by atoms with Gasteiger partial charge in [-0.1, -0.05) is 164 Å². The average molecular weight is 805 g/mol. The van der Waals surface area contributed by atoms with E-state index in [-0.39, 0.29) is 0 Å². The molecule has 0 saturated carbocycles. The lowest BCUT2D eigenvalue weighted by atomic mass is 9.91. The quantitative estimate of drug-likeness (QED) is 0.168. The predicted octanol–water partition coefficient (Wildman–Crippen LogP) is 15.2. The zero-order chi connectivity index (χ0) is 41.4. The summed E-state index contributed by atoms with van der Waals surface area (Å²) < 4.78 is 11.7. The van der Waals surface area contributed by atoms with Crippen LogP contribution in [-0.2, 0) is 0 Å². The first-order valence-electron chi connectivity index (χ1n) is 21.3. The van der Waals surface area contributed by atoms with Crippen LogP contribution in [0.25, 0.3) is 122 Å². The summed E-state index contributed by atoms with van der Waals surface area (Å²) in [4.78, 5) is 10.6. The molecule has 0 spiro atoms. The lowest BCUT2D eigenvalue weighted by Gasteiger charge is -2.21. The molecule has 4 heterocycles. The summed E-state index contributed by atoms with van der Waals surface area (Å²) in [5, 5.41) is 5.76. The molecule has 0 saturated heterocycles. The fraction of sp³-hybridized carbons (Fsp3) is 0. The van der Waals surface area contributed by atoms with E-state index in [2.05, 4.69) is 191 Å². The molecular weight excluding hydrogens is 769 g/mol. The molecule has 5 heteroatoms. The Bertz CT molecular complexity index is 3820. The molecule has 63 heavy (non-hydrogen) atoms. The Morgan fingerprint density at radius 1 is 0.381 bits per heavy atom. The zero-order valence-corrected chi connectivity index (χ0v) is 34.0. The molecule has 5 nitrogen and oxygen atoms in total. The second-order valence-corrected chi connectivity index (χ2v) is 16.1. The molecule has 13 rings (SSSR count). The first-order chi connectivity index (χ1) is 31.3. The number of para-hydroxylation sites is 4. The van der Waals surface area contributed by atoms with E-state index in [9.17, 15) is 0 Å². The lowest BCUT2D eigenvalue weighted by molar-refractivity contribution is 0.667. The van der Waals surface area contributed by atoms with Gasteiger partial charge in [0, 0.05) is 54.9 Å². The molecule has 13 aromatic rings. The topological polar surface area (TPSA) is 48.8 Å². The van der Waals surface area contributed by atoms with E-state index < -0.39 is 0 Å². The molecule has 0 atom stereocenters. The molecule has 0 radical (unpaired) electrons. The third kappa shape index (κ3) is 5.43. The van der Waals surface area contributed by atoms with Gasteiger partial charge in [0.25, 0.3) is 0 Å². The standard InChI is InChI=1S/C58H36N4O/c1-5-19-37(20-6-1)46-35-40(53-57-54(45-29-15-18-32-51(45)63-57)60-58(59-53)39-23-9-3-10-24-39)36-47(38-21-7-2-8-22-38)55(46)62-48-30-16-13-27-42(48)43-33-34-50-52(56(43)62)44-28-14-17-31-49(44)61(50)41-25-11-4-12-26-41/h1-36H. The summed E-state index contributed by atoms with van der Waals surface area (Å²) in [6.07, 6.45) is 0. The van der Waals surface area contributed by atoms with Crippen LogP contribution in [0.1, 0.15) is 0 Å². The van der Waals surface area contributed by atoms with Crippen LogP contribution < -0.4 is 0 Å². The Morgan fingerprint density at radius 3 is 1.59 bits per heavy atom. The first kappa shape index (κ1) is 35.2. The van der Waals surface area contributed by atoms with Gasteiger partial charge in [0.15, 0.2) is 11.4 Å². The summed E-state index contributed by atoms with van der Waals surface area (Å²) >= 11 is 0. The lowest BCUT2D eigenvalue weighted by Crippen LogP contribution is -2.03. The van der Waals surface area contributed by atoms with E-state index in [4.69, 9.17) is 14.4 Å². The van der Waals surface area contributed by atoms with E-state index in [1.54, 1.807) is 0 Å². The van der Waals surface area contributed by atoms with Gasteiger partial charge in [0.2, 0.25) is 0 Å². The van der Waals surface area contributed by atoms with Crippen molar-refractivity contribution in [2.45, 2.75) is 0 Å². The van der Waals surface area contributed by atoms with Crippen molar-refractivity contribution in [3.8, 4) is 56.3 Å². The Kier molecular flexibility index (Phi) is 7.84. The Labute approximate surface area is 362 Å². The van der Waals surface area contributed by atoms with Crippen molar-refractivity contribution in [1.82, 2.24) is 19.1 Å². The van der Waals surface area contributed by atoms with Crippen LogP contribution in [0.15, 0.2) is 223 Å². The van der Waals surface area contributed by atoms with Crippen molar-refractivity contribution in [3.63, 3.8) is 0 Å². The van der Waals surface area contributed by atoms with Crippen LogP contribution in [0.5, 0.6) is 0 Å². The van der Waals surface area contributed by atoms with Crippen LogP contribution in [-0.4, -0.2) is 19.1 Å². The summed E-state index contributed by atoms with van der Waals surface area (Å²) in [7, 11) is 0. The van der Waals surface area contributed by atoms with Crippen LogP contribution >= 0.6 is 0 Å². The van der Waals surface area contributed by atoms with E-state index >= 15 is 0 Å². The van der Waals surface area contributed by atoms with Gasteiger partial charge in [0.1, 0.15) is 16.8 Å². The summed E-state index contributed by atoms with van der Waals surface area (Å²) in [6, 6.07) is 77.5. The van der Waals surface area contributed by atoms with Crippen molar-refractivity contribution in [1.29, 1.82) is 0 Å². The van der Waals surface area contributed by atoms with Gasteiger partial charge in [-0.15, -0.1) is 0 Å². The highest BCUT2D eigenvalue weighted by Gasteiger charge is 2.27. The Morgan fingerprint density at radius 2 is 0.921 bits per heavy atom. The van der Waals surface area contributed by atoms with Crippen LogP contribution in [0.3, 0.4) is 0 Å². The van der Waals surface area contributed by atoms with Gasteiger partial charge >= 0.3 is 0 Å². The van der Waals surface area contributed by atoms with Crippen LogP contribution in [0.2, 0.25) is 0 Å². The molecule has 0 unspecified atom stereocenters. The maximum absolute atomic E-state index is 6.73. The van der Waals surface area contributed by atoms with Gasteiger partial charge in [0.05, 0.1) is 27.8 Å². The van der Waals surface area contributed by atoms with Gasteiger partial charge in [-0.2, -0.15) is 0 Å². The number of hydrogen-bond donors (Lipinski definition) is 0. The average Bonchev–Trinajstić information content (AvgIpc) is 4.02. The first-order valence-corrected chi connectivity index (χ1v) is 21.3. The predicted molar refractivity (Wildman–Crippen MR) is 260 cm³/mol. The molecule has 0 fully saturated rings. The fourth-order valence-corrected chi connectivity index (χ4v) is 9.79. The second kappa shape index (κ2) is 14.0. The van der Waals surface area contributed by atoms with Gasteiger partial charge in [-0.25, -0.2) is 9.97 Å². The van der Waals surface area contributed by atoms with E-state index in [1.807, 2.05) is 36.4 Å². The van der Waals surface area contributed by atoms with Crippen molar-refractivity contribution >= 4 is 65.7 Å². The maximum Gasteiger partial charge on any atom is 0.180 e. The minimum atomic E-state index is 0.649. The third-order valence-electron chi connectivity index (χ3n) is 12.5. The number of rotatable bonds is 6. The number of hydrogen-bond acceptors (Lipinski definition) is 3. The number of benzene rings is 9. The molecule has 0 aliphatic rings. The monoisotopic (exact) mass is 804 g/mol. The fourth-order valence-electron chi connectivity index (χ4n) is 9.79. The summed E-state index contributed by atoms with van der Waals surface area (Å²) in [6.45, 7) is 0. The van der Waals surface area contributed by atoms with Crippen LogP contribution in [0, 0.1) is 0 Å².